The molecule has 3 unspecified atom stereocenters. The monoisotopic (exact) mass is 1340 g/mol. The number of allylic oxidation sites excluding steroid dienone is 8. The molecule has 92 heavy (non-hydrogen) atoms. The third kappa shape index (κ3) is 14.3. The van der Waals surface area contributed by atoms with Crippen molar-refractivity contribution in [3.05, 3.63) is 70.4 Å². The predicted octanol–water partition coefficient (Wildman–Crippen LogP) is 3.80. The molecule has 0 aromatic rings. The summed E-state index contributed by atoms with van der Waals surface area (Å²) in [4.78, 5) is 127. The standard InChI is InChI=1S/C63H94N13O13P.CH3.Co/c1-33-21-44-45(22-34(33)2)76(29-71-44)58-38(6)54(46(27-77)87-58)89-90(85,86)88-35(3)25-70-51(84)17-19-60(9)42(26-68-31-79)57-63(12)62(11,28-69-32-80)41(18-20-67-30-78)53(75-63)37(5)56-61(10,24-50(66)83)39(13-15-48(64)81)43(72-56)23-47-59(7,8)40(14-16-49(65)82)52(73-47)36(4)55(60)74-57;;/h21-23,29-32,35,38-42,44-46,54,57-58,77H,13-20,24-28H2,1-12H3,(H12,64,65,66,67,68,69,70,72,73,74,75,78,79,80,81,82,83,84,85,86);1H3;/q;-1;+2/p-2/t35-,38-,39-,40-,41-,42+,44?,45?,46-,54+,57-,58+,60-,61+,62+,63+;;/m1../s1. The van der Waals surface area contributed by atoms with Crippen LogP contribution in [-0.2, 0) is 68.7 Å². The maximum atomic E-state index is 14.4. The molecule has 8 bridgehead atoms. The van der Waals surface area contributed by atoms with Crippen molar-refractivity contribution in [3.63, 3.8) is 0 Å². The van der Waals surface area contributed by atoms with E-state index in [9.17, 15) is 48.1 Å². The summed E-state index contributed by atoms with van der Waals surface area (Å²) in [5.41, 5.74) is 19.1. The van der Waals surface area contributed by atoms with E-state index in [-0.39, 0.29) is 107 Å². The van der Waals surface area contributed by atoms with Gasteiger partial charge < -0.3 is 79.9 Å². The summed E-state index contributed by atoms with van der Waals surface area (Å²) < 4.78 is 31.2. The van der Waals surface area contributed by atoms with E-state index in [1.807, 2.05) is 80.2 Å². The van der Waals surface area contributed by atoms with E-state index in [4.69, 9.17) is 51.3 Å². The van der Waals surface area contributed by atoms with Crippen molar-refractivity contribution in [3.8, 4) is 0 Å². The Morgan fingerprint density at radius 1 is 0.859 bits per heavy atom. The largest absolute Gasteiger partial charge is 2.00 e. The first kappa shape index (κ1) is 74.8. The zero-order valence-corrected chi connectivity index (χ0v) is 57.1. The number of phosphoric acid groups is 1. The van der Waals surface area contributed by atoms with E-state index in [1.54, 1.807) is 13.3 Å². The normalized spacial score (nSPS) is 36.2. The summed E-state index contributed by atoms with van der Waals surface area (Å²) in [5.74, 6) is -5.02. The predicted molar refractivity (Wildman–Crippen MR) is 343 cm³/mol. The summed E-state index contributed by atoms with van der Waals surface area (Å²) in [7, 11) is -5.12. The number of nitrogens with zero attached hydrogens (tertiary/aromatic N) is 6. The van der Waals surface area contributed by atoms with Gasteiger partial charge in [-0.25, -0.2) is 0 Å². The number of primary amides is 3. The number of nitrogens with one attached hydrogen (secondary N) is 4. The Morgan fingerprint density at radius 3 is 2.12 bits per heavy atom. The number of fused-ring (bicyclic) bond motifs is 7. The summed E-state index contributed by atoms with van der Waals surface area (Å²) in [6.45, 7) is 22.3. The molecule has 0 saturated carbocycles. The van der Waals surface area contributed by atoms with Crippen LogP contribution in [0.1, 0.15) is 134 Å². The number of aliphatic hydroxyl groups excluding tert-OH is 1. The third-order valence-corrected chi connectivity index (χ3v) is 22.3. The molecular weight excluding hydrogens is 1250 g/mol. The van der Waals surface area contributed by atoms with Gasteiger partial charge in [0.15, 0.2) is 0 Å². The topological polar surface area (TPSA) is 400 Å². The first-order valence-electron chi connectivity index (χ1n) is 31.2. The number of hydrogen-bond acceptors (Lipinski definition) is 18. The van der Waals surface area contributed by atoms with Crippen molar-refractivity contribution in [1.29, 1.82) is 0 Å². The first-order chi connectivity index (χ1) is 42.3. The average Bonchev–Trinajstić information content (AvgIpc) is 1.53. The minimum Gasteiger partial charge on any atom is -0.756 e. The van der Waals surface area contributed by atoms with Crippen LogP contribution in [0.15, 0.2) is 77.6 Å². The van der Waals surface area contributed by atoms with Crippen LogP contribution in [0.3, 0.4) is 0 Å². The Labute approximate surface area is 550 Å². The molecule has 28 heteroatoms. The van der Waals surface area contributed by atoms with Crippen molar-refractivity contribution >= 4 is 74.2 Å². The number of rotatable bonds is 29. The zero-order chi connectivity index (χ0) is 66.2. The van der Waals surface area contributed by atoms with Crippen LogP contribution in [0, 0.1) is 58.7 Å². The van der Waals surface area contributed by atoms with Gasteiger partial charge in [0.1, 0.15) is 18.4 Å². The minimum absolute atomic E-state index is 0. The summed E-state index contributed by atoms with van der Waals surface area (Å²) in [5, 5.41) is 27.7. The molecule has 0 aromatic heterocycles. The Bertz CT molecular complexity index is 3240. The number of hydrogen-bond donors (Lipinski definition) is 8. The quantitative estimate of drug-likeness (QED) is 0.0229. The van der Waals surface area contributed by atoms with E-state index < -0.39 is 125 Å². The first-order valence-corrected chi connectivity index (χ1v) is 32.6. The molecule has 2 saturated heterocycles. The number of amides is 7. The molecule has 11 N–H and O–H groups in total. The fraction of sp³-hybridized carbons (Fsp3) is 0.656. The van der Waals surface area contributed by atoms with Crippen LogP contribution in [0.4, 0.5) is 0 Å². The molecule has 17 atom stereocenters. The molecule has 509 valence electrons. The maximum absolute atomic E-state index is 14.4. The minimum atomic E-state index is -5.12. The Morgan fingerprint density at radius 2 is 1.50 bits per heavy atom. The van der Waals surface area contributed by atoms with Gasteiger partial charge >= 0.3 is 16.8 Å². The Balaban J connectivity index is 0.00000672. The number of aliphatic imine (C=N–C) groups is 4. The molecule has 8 rings (SSSR count). The van der Waals surface area contributed by atoms with Crippen LogP contribution in [-0.4, -0.2) is 157 Å². The molecule has 2 fully saturated rings. The summed E-state index contributed by atoms with van der Waals surface area (Å²) in [6.07, 6.45) is 6.06. The second kappa shape index (κ2) is 29.2. The fourth-order valence-corrected chi connectivity index (χ4v) is 17.0. The van der Waals surface area contributed by atoms with Crippen LogP contribution < -0.4 is 43.4 Å². The molecule has 7 amide bonds. The zero-order valence-electron chi connectivity index (χ0n) is 55.2. The third-order valence-electron chi connectivity index (χ3n) is 21.2. The second-order valence-electron chi connectivity index (χ2n) is 27.2. The van der Waals surface area contributed by atoms with Gasteiger partial charge in [0.2, 0.25) is 42.9 Å². The number of phosphoric ester groups is 1. The molecule has 7 heterocycles. The van der Waals surface area contributed by atoms with Gasteiger partial charge in [-0.05, 0) is 95.8 Å². The smallest absolute Gasteiger partial charge is 0.756 e. The van der Waals surface area contributed by atoms with Gasteiger partial charge in [-0.2, -0.15) is 5.70 Å². The molecule has 1 aliphatic carbocycles. The van der Waals surface area contributed by atoms with Gasteiger partial charge in [-0.1, -0.05) is 70.9 Å². The van der Waals surface area contributed by atoms with Crippen LogP contribution in [0.25, 0.3) is 5.32 Å². The number of nitrogens with two attached hydrogens (primary N) is 3. The van der Waals surface area contributed by atoms with Gasteiger partial charge in [0.25, 0.3) is 7.82 Å². The Hall–Kier alpha value is -6.19. The van der Waals surface area contributed by atoms with Crippen molar-refractivity contribution in [2.24, 2.45) is 88.4 Å². The molecule has 1 radical (unpaired) electrons. The van der Waals surface area contributed by atoms with E-state index in [1.165, 1.54) is 6.92 Å². The van der Waals surface area contributed by atoms with Crippen molar-refractivity contribution in [1.82, 2.24) is 26.2 Å². The fourth-order valence-electron chi connectivity index (χ4n) is 15.8. The van der Waals surface area contributed by atoms with Crippen molar-refractivity contribution in [2.45, 2.75) is 183 Å². The molecule has 26 nitrogen and oxygen atoms in total. The van der Waals surface area contributed by atoms with Crippen LogP contribution in [0.5, 0.6) is 0 Å². The van der Waals surface area contributed by atoms with E-state index in [2.05, 4.69) is 38.4 Å². The molecule has 0 spiro atoms. The summed E-state index contributed by atoms with van der Waals surface area (Å²) in [6, 6.07) is -1.16. The maximum Gasteiger partial charge on any atom is 2.00 e. The molecule has 7 aliphatic heterocycles. The van der Waals surface area contributed by atoms with Crippen molar-refractivity contribution < 1.29 is 78.7 Å². The SMILES string of the molecule is CC1=CC2N=CN([C@H]3O[C@H](CO)[C@@H](OP(=O)([O-])O[C@H](C)CNC(=O)CC[C@@]4(C)/C5=C(\C)C6=N/C(=C\C7=NC(=C(/C)C8=N[C@@](C)([C@H]([N-]5)[C@@H]4CNC=O)[C@@](C)(CNC=O)[C@@H]8CCNC=O)/[C@@](C)(CC(N)=O)[C@@H]7CCC(N)=O)C(C)(C)[C@@H]6CCC(N)=O)[C@H]3C)C2C=C1C.[CH3-].[Co+2]. The van der Waals surface area contributed by atoms with Gasteiger partial charge in [0.05, 0.1) is 42.4 Å². The average molecular weight is 1340 g/mol. The van der Waals surface area contributed by atoms with E-state index in [0.29, 0.717) is 71.0 Å². The van der Waals surface area contributed by atoms with E-state index in [0.717, 1.165) is 11.1 Å². The van der Waals surface area contributed by atoms with Gasteiger partial charge in [0, 0.05) is 115 Å². The van der Waals surface area contributed by atoms with E-state index >= 15 is 0 Å². The number of ether oxygens (including phenoxy) is 1. The van der Waals surface area contributed by atoms with Crippen LogP contribution in [0.2, 0.25) is 0 Å². The molecule has 8 aliphatic rings. The van der Waals surface area contributed by atoms with Gasteiger partial charge in [-0.3, -0.25) is 58.1 Å². The number of carbonyl (C=O) groups excluding carboxylic acids is 7. The van der Waals surface area contributed by atoms with Crippen LogP contribution >= 0.6 is 7.82 Å². The van der Waals surface area contributed by atoms with Gasteiger partial charge in [-0.15, -0.1) is 0 Å². The summed E-state index contributed by atoms with van der Waals surface area (Å²) >= 11 is 0. The Kier molecular flexibility index (Phi) is 23.8. The molecular formula is C64H95CoN13O13P-. The number of aliphatic hydroxyl groups is 1. The number of carbonyl (C=O) groups is 7. The second-order valence-corrected chi connectivity index (χ2v) is 28.6. The van der Waals surface area contributed by atoms with Crippen molar-refractivity contribution in [2.75, 3.05) is 32.8 Å². The molecule has 0 aromatic carbocycles.